The van der Waals surface area contributed by atoms with E-state index in [4.69, 9.17) is 9.47 Å². The highest BCUT2D eigenvalue weighted by molar-refractivity contribution is 5.47. The van der Waals surface area contributed by atoms with Gasteiger partial charge in [0.05, 0.1) is 6.10 Å². The van der Waals surface area contributed by atoms with Gasteiger partial charge in [0.25, 0.3) is 0 Å². The molecule has 0 bridgehead atoms. The highest BCUT2D eigenvalue weighted by Gasteiger charge is 2.14. The van der Waals surface area contributed by atoms with E-state index in [0.29, 0.717) is 6.10 Å². The SMILES string of the molecule is c1ccc(Oc2ccc(NCCC3CCCO3)cc2)cc1. The maximum atomic E-state index is 5.77. The van der Waals surface area contributed by atoms with Crippen LogP contribution in [0.2, 0.25) is 0 Å². The lowest BCUT2D eigenvalue weighted by molar-refractivity contribution is 0.107. The molecule has 1 atom stereocenters. The van der Waals surface area contributed by atoms with E-state index in [1.807, 2.05) is 54.6 Å². The van der Waals surface area contributed by atoms with Crippen LogP contribution in [0.3, 0.4) is 0 Å². The molecule has 2 aromatic carbocycles. The number of benzene rings is 2. The van der Waals surface area contributed by atoms with Crippen molar-refractivity contribution >= 4 is 5.69 Å². The summed E-state index contributed by atoms with van der Waals surface area (Å²) in [5.41, 5.74) is 1.12. The quantitative estimate of drug-likeness (QED) is 0.849. The molecule has 110 valence electrons. The van der Waals surface area contributed by atoms with Gasteiger partial charge in [0.15, 0.2) is 0 Å². The van der Waals surface area contributed by atoms with E-state index >= 15 is 0 Å². The van der Waals surface area contributed by atoms with Crippen LogP contribution in [0.15, 0.2) is 54.6 Å². The fraction of sp³-hybridized carbons (Fsp3) is 0.333. The molecule has 1 saturated heterocycles. The van der Waals surface area contributed by atoms with Crippen molar-refractivity contribution in [2.45, 2.75) is 25.4 Å². The molecule has 2 aromatic rings. The molecule has 1 aliphatic rings. The number of nitrogens with one attached hydrogen (secondary N) is 1. The Morgan fingerprint density at radius 1 is 1.00 bits per heavy atom. The van der Waals surface area contributed by atoms with E-state index in [1.165, 1.54) is 12.8 Å². The third-order valence-corrected chi connectivity index (χ3v) is 3.65. The zero-order valence-electron chi connectivity index (χ0n) is 12.1. The van der Waals surface area contributed by atoms with Crippen LogP contribution in [0.1, 0.15) is 19.3 Å². The first-order valence-electron chi connectivity index (χ1n) is 7.58. The Kier molecular flexibility index (Phi) is 4.74. The molecular weight excluding hydrogens is 262 g/mol. The standard InChI is InChI=1S/C18H21NO2/c1-2-5-17(6-3-1)21-18-10-8-15(9-11-18)19-13-12-16-7-4-14-20-16/h1-3,5-6,8-11,16,19H,4,7,12-14H2. The molecule has 1 N–H and O–H groups in total. The molecule has 1 aliphatic heterocycles. The first-order valence-corrected chi connectivity index (χ1v) is 7.58. The van der Waals surface area contributed by atoms with Crippen LogP contribution in [-0.2, 0) is 4.74 Å². The second kappa shape index (κ2) is 7.14. The Bertz CT molecular complexity index is 533. The zero-order valence-corrected chi connectivity index (χ0v) is 12.1. The molecule has 0 radical (unpaired) electrons. The third-order valence-electron chi connectivity index (χ3n) is 3.65. The van der Waals surface area contributed by atoms with E-state index in [0.717, 1.165) is 36.8 Å². The molecule has 1 heterocycles. The molecule has 21 heavy (non-hydrogen) atoms. The summed E-state index contributed by atoms with van der Waals surface area (Å²) in [4.78, 5) is 0. The molecule has 3 nitrogen and oxygen atoms in total. The van der Waals surface area contributed by atoms with Gasteiger partial charge in [-0.3, -0.25) is 0 Å². The summed E-state index contributed by atoms with van der Waals surface area (Å²) in [6.07, 6.45) is 3.92. The van der Waals surface area contributed by atoms with Gasteiger partial charge in [0.2, 0.25) is 0 Å². The summed E-state index contributed by atoms with van der Waals surface area (Å²) in [5.74, 6) is 1.71. The smallest absolute Gasteiger partial charge is 0.127 e. The topological polar surface area (TPSA) is 30.5 Å². The number of ether oxygens (including phenoxy) is 2. The van der Waals surface area contributed by atoms with Crippen LogP contribution in [0.5, 0.6) is 11.5 Å². The third kappa shape index (κ3) is 4.23. The zero-order chi connectivity index (χ0) is 14.3. The van der Waals surface area contributed by atoms with E-state index < -0.39 is 0 Å². The molecule has 0 aromatic heterocycles. The van der Waals surface area contributed by atoms with Gasteiger partial charge in [-0.15, -0.1) is 0 Å². The summed E-state index contributed by atoms with van der Waals surface area (Å²) in [6, 6.07) is 17.9. The first kappa shape index (κ1) is 14.0. The van der Waals surface area contributed by atoms with Crippen LogP contribution in [0, 0.1) is 0 Å². The Balaban J connectivity index is 1.47. The average molecular weight is 283 g/mol. The monoisotopic (exact) mass is 283 g/mol. The predicted molar refractivity (Wildman–Crippen MR) is 85.0 cm³/mol. The summed E-state index contributed by atoms with van der Waals surface area (Å²) < 4.78 is 11.4. The first-order chi connectivity index (χ1) is 10.4. The molecule has 3 heteroatoms. The van der Waals surface area contributed by atoms with Gasteiger partial charge in [-0.25, -0.2) is 0 Å². The van der Waals surface area contributed by atoms with Crippen LogP contribution in [0.25, 0.3) is 0 Å². The van der Waals surface area contributed by atoms with Gasteiger partial charge in [-0.2, -0.15) is 0 Å². The lowest BCUT2D eigenvalue weighted by Crippen LogP contribution is -2.12. The van der Waals surface area contributed by atoms with Gasteiger partial charge in [0.1, 0.15) is 11.5 Å². The minimum absolute atomic E-state index is 0.443. The van der Waals surface area contributed by atoms with Crippen LogP contribution in [0.4, 0.5) is 5.69 Å². The Morgan fingerprint density at radius 2 is 1.76 bits per heavy atom. The highest BCUT2D eigenvalue weighted by atomic mass is 16.5. The fourth-order valence-electron chi connectivity index (χ4n) is 2.51. The Labute approximate surface area is 125 Å². The van der Waals surface area contributed by atoms with Crippen LogP contribution in [-0.4, -0.2) is 19.3 Å². The molecule has 0 spiro atoms. The molecule has 3 rings (SSSR count). The van der Waals surface area contributed by atoms with Gasteiger partial charge in [0, 0.05) is 18.8 Å². The van der Waals surface area contributed by atoms with Crippen LogP contribution >= 0.6 is 0 Å². The van der Waals surface area contributed by atoms with Crippen molar-refractivity contribution in [3.63, 3.8) is 0 Å². The normalized spacial score (nSPS) is 17.6. The lowest BCUT2D eigenvalue weighted by Gasteiger charge is -2.11. The van der Waals surface area contributed by atoms with Crippen molar-refractivity contribution in [3.05, 3.63) is 54.6 Å². The summed E-state index contributed by atoms with van der Waals surface area (Å²) >= 11 is 0. The summed E-state index contributed by atoms with van der Waals surface area (Å²) in [5, 5.41) is 3.43. The lowest BCUT2D eigenvalue weighted by atomic mass is 10.2. The minimum Gasteiger partial charge on any atom is -0.457 e. The summed E-state index contributed by atoms with van der Waals surface area (Å²) in [7, 11) is 0. The second-order valence-electron chi connectivity index (χ2n) is 5.29. The number of rotatable bonds is 6. The molecule has 1 unspecified atom stereocenters. The van der Waals surface area contributed by atoms with Crippen LogP contribution < -0.4 is 10.1 Å². The van der Waals surface area contributed by atoms with Crippen molar-refractivity contribution in [1.29, 1.82) is 0 Å². The van der Waals surface area contributed by atoms with E-state index in [2.05, 4.69) is 5.32 Å². The summed E-state index contributed by atoms with van der Waals surface area (Å²) in [6.45, 7) is 1.87. The molecule has 1 fully saturated rings. The number of anilines is 1. The maximum absolute atomic E-state index is 5.77. The molecular formula is C18H21NO2. The molecule has 0 amide bonds. The number of hydrogen-bond donors (Lipinski definition) is 1. The molecule has 0 saturated carbocycles. The van der Waals surface area contributed by atoms with E-state index in [9.17, 15) is 0 Å². The second-order valence-corrected chi connectivity index (χ2v) is 5.29. The average Bonchev–Trinajstić information content (AvgIpc) is 3.03. The predicted octanol–water partition coefficient (Wildman–Crippen LogP) is 4.46. The number of para-hydroxylation sites is 1. The van der Waals surface area contributed by atoms with Gasteiger partial charge in [-0.1, -0.05) is 18.2 Å². The fourth-order valence-corrected chi connectivity index (χ4v) is 2.51. The van der Waals surface area contributed by atoms with Gasteiger partial charge >= 0.3 is 0 Å². The van der Waals surface area contributed by atoms with Gasteiger partial charge < -0.3 is 14.8 Å². The minimum atomic E-state index is 0.443. The van der Waals surface area contributed by atoms with Crippen molar-refractivity contribution in [2.75, 3.05) is 18.5 Å². The maximum Gasteiger partial charge on any atom is 0.127 e. The van der Waals surface area contributed by atoms with Crippen molar-refractivity contribution in [1.82, 2.24) is 0 Å². The highest BCUT2D eigenvalue weighted by Crippen LogP contribution is 2.23. The largest absolute Gasteiger partial charge is 0.457 e. The van der Waals surface area contributed by atoms with Crippen molar-refractivity contribution < 1.29 is 9.47 Å². The molecule has 0 aliphatic carbocycles. The van der Waals surface area contributed by atoms with Gasteiger partial charge in [-0.05, 0) is 55.7 Å². The van der Waals surface area contributed by atoms with E-state index in [1.54, 1.807) is 0 Å². The number of hydrogen-bond acceptors (Lipinski definition) is 3. The van der Waals surface area contributed by atoms with Crippen molar-refractivity contribution in [2.24, 2.45) is 0 Å². The van der Waals surface area contributed by atoms with E-state index in [-0.39, 0.29) is 0 Å². The van der Waals surface area contributed by atoms with Crippen molar-refractivity contribution in [3.8, 4) is 11.5 Å². The Hall–Kier alpha value is -2.00. The Morgan fingerprint density at radius 3 is 2.48 bits per heavy atom.